The van der Waals surface area contributed by atoms with E-state index in [1.807, 2.05) is 0 Å². The molecule has 0 saturated carbocycles. The fourth-order valence-corrected chi connectivity index (χ4v) is 1.49. The molecule has 0 aromatic carbocycles. The van der Waals surface area contributed by atoms with Gasteiger partial charge in [-0.05, 0) is 6.42 Å². The number of nitrogens with zero attached hydrogens (tertiary/aromatic N) is 2. The van der Waals surface area contributed by atoms with Crippen LogP contribution in [0.3, 0.4) is 0 Å². The molecule has 7 heteroatoms. The SMILES string of the molecule is CCCNc1ncc(Cl)c(OCCCOCCOC)n1. The summed E-state index contributed by atoms with van der Waals surface area (Å²) in [4.78, 5) is 8.30. The smallest absolute Gasteiger partial charge is 0.237 e. The van der Waals surface area contributed by atoms with Crippen LogP contribution in [0.25, 0.3) is 0 Å². The molecule has 0 unspecified atom stereocenters. The van der Waals surface area contributed by atoms with Crippen LogP contribution in [0.2, 0.25) is 5.02 Å². The number of nitrogens with one attached hydrogen (secondary N) is 1. The zero-order chi connectivity index (χ0) is 14.6. The van der Waals surface area contributed by atoms with Crippen molar-refractivity contribution in [2.24, 2.45) is 0 Å². The summed E-state index contributed by atoms with van der Waals surface area (Å²) in [5.74, 6) is 0.930. The highest BCUT2D eigenvalue weighted by molar-refractivity contribution is 6.31. The van der Waals surface area contributed by atoms with Crippen molar-refractivity contribution in [1.29, 1.82) is 0 Å². The van der Waals surface area contributed by atoms with Gasteiger partial charge in [0.05, 0.1) is 26.0 Å². The average molecular weight is 304 g/mol. The zero-order valence-electron chi connectivity index (χ0n) is 12.0. The van der Waals surface area contributed by atoms with Crippen molar-refractivity contribution in [1.82, 2.24) is 9.97 Å². The van der Waals surface area contributed by atoms with E-state index in [9.17, 15) is 0 Å². The van der Waals surface area contributed by atoms with Crippen LogP contribution >= 0.6 is 11.6 Å². The minimum absolute atomic E-state index is 0.400. The van der Waals surface area contributed by atoms with E-state index >= 15 is 0 Å². The quantitative estimate of drug-likeness (QED) is 0.633. The first-order valence-corrected chi connectivity index (χ1v) is 7.11. The van der Waals surface area contributed by atoms with Crippen LogP contribution in [0.5, 0.6) is 5.88 Å². The van der Waals surface area contributed by atoms with Gasteiger partial charge in [-0.3, -0.25) is 0 Å². The Morgan fingerprint density at radius 1 is 1.25 bits per heavy atom. The Labute approximate surface area is 124 Å². The van der Waals surface area contributed by atoms with Gasteiger partial charge in [0, 0.05) is 26.7 Å². The molecule has 0 radical (unpaired) electrons. The van der Waals surface area contributed by atoms with E-state index in [0.29, 0.717) is 43.3 Å². The first kappa shape index (κ1) is 16.9. The first-order chi connectivity index (χ1) is 9.77. The molecule has 0 aliphatic heterocycles. The standard InChI is InChI=1S/C13H22ClN3O3/c1-3-5-15-13-16-10-11(14)12(17-13)20-7-4-6-19-9-8-18-2/h10H,3-9H2,1-2H3,(H,15,16,17). The molecule has 0 saturated heterocycles. The van der Waals surface area contributed by atoms with E-state index in [-0.39, 0.29) is 0 Å². The molecule has 6 nitrogen and oxygen atoms in total. The Balaban J connectivity index is 2.27. The third-order valence-electron chi connectivity index (χ3n) is 2.35. The number of anilines is 1. The zero-order valence-corrected chi connectivity index (χ0v) is 12.8. The van der Waals surface area contributed by atoms with Crippen molar-refractivity contribution in [2.75, 3.05) is 45.4 Å². The third-order valence-corrected chi connectivity index (χ3v) is 2.61. The molecular weight excluding hydrogens is 282 g/mol. The maximum Gasteiger partial charge on any atom is 0.237 e. The monoisotopic (exact) mass is 303 g/mol. The van der Waals surface area contributed by atoms with E-state index in [1.165, 1.54) is 6.20 Å². The maximum atomic E-state index is 5.99. The van der Waals surface area contributed by atoms with Gasteiger partial charge in [0.15, 0.2) is 0 Å². The highest BCUT2D eigenvalue weighted by Gasteiger charge is 2.06. The second kappa shape index (κ2) is 10.7. The predicted molar refractivity (Wildman–Crippen MR) is 78.6 cm³/mol. The van der Waals surface area contributed by atoms with Crippen LogP contribution in [-0.2, 0) is 9.47 Å². The van der Waals surface area contributed by atoms with E-state index < -0.39 is 0 Å². The number of halogens is 1. The fourth-order valence-electron chi connectivity index (χ4n) is 1.35. The van der Waals surface area contributed by atoms with Crippen molar-refractivity contribution in [3.63, 3.8) is 0 Å². The van der Waals surface area contributed by atoms with Gasteiger partial charge in [-0.1, -0.05) is 18.5 Å². The lowest BCUT2D eigenvalue weighted by Gasteiger charge is -2.09. The van der Waals surface area contributed by atoms with E-state index in [2.05, 4.69) is 22.2 Å². The summed E-state index contributed by atoms with van der Waals surface area (Å²) in [6, 6.07) is 0. The number of aromatic nitrogens is 2. The minimum Gasteiger partial charge on any atom is -0.476 e. The molecule has 1 rings (SSSR count). The summed E-state index contributed by atoms with van der Waals surface area (Å²) in [6.45, 7) is 5.20. The number of hydrogen-bond acceptors (Lipinski definition) is 6. The highest BCUT2D eigenvalue weighted by Crippen LogP contribution is 2.21. The fraction of sp³-hybridized carbons (Fsp3) is 0.692. The average Bonchev–Trinajstić information content (AvgIpc) is 2.46. The van der Waals surface area contributed by atoms with Gasteiger partial charge in [0.1, 0.15) is 5.02 Å². The summed E-state index contributed by atoms with van der Waals surface area (Å²) in [7, 11) is 1.65. The van der Waals surface area contributed by atoms with Gasteiger partial charge in [-0.25, -0.2) is 4.98 Å². The third kappa shape index (κ3) is 6.88. The van der Waals surface area contributed by atoms with Crippen molar-refractivity contribution >= 4 is 17.5 Å². The van der Waals surface area contributed by atoms with Crippen LogP contribution in [0.15, 0.2) is 6.20 Å². The molecular formula is C13H22ClN3O3. The van der Waals surface area contributed by atoms with Crippen LogP contribution in [-0.4, -0.2) is 50.1 Å². The lowest BCUT2D eigenvalue weighted by Crippen LogP contribution is -2.09. The molecule has 0 amide bonds. The molecule has 0 bridgehead atoms. The minimum atomic E-state index is 0.400. The number of rotatable bonds is 11. The largest absolute Gasteiger partial charge is 0.476 e. The summed E-state index contributed by atoms with van der Waals surface area (Å²) in [5, 5.41) is 3.50. The molecule has 0 aliphatic rings. The van der Waals surface area contributed by atoms with Gasteiger partial charge in [-0.15, -0.1) is 0 Å². The molecule has 1 aromatic heterocycles. The topological polar surface area (TPSA) is 65.5 Å². The Morgan fingerprint density at radius 2 is 2.10 bits per heavy atom. The second-order valence-corrected chi connectivity index (χ2v) is 4.49. The molecule has 1 aromatic rings. The van der Waals surface area contributed by atoms with Gasteiger partial charge in [0.2, 0.25) is 11.8 Å². The van der Waals surface area contributed by atoms with Crippen molar-refractivity contribution in [3.05, 3.63) is 11.2 Å². The molecule has 0 aliphatic carbocycles. The lowest BCUT2D eigenvalue weighted by molar-refractivity contribution is 0.0642. The highest BCUT2D eigenvalue weighted by atomic mass is 35.5. The lowest BCUT2D eigenvalue weighted by atomic mass is 10.5. The van der Waals surface area contributed by atoms with Crippen LogP contribution < -0.4 is 10.1 Å². The Bertz CT molecular complexity index is 380. The molecule has 0 spiro atoms. The van der Waals surface area contributed by atoms with Crippen LogP contribution in [0.1, 0.15) is 19.8 Å². The summed E-state index contributed by atoms with van der Waals surface area (Å²) in [6.07, 6.45) is 3.31. The van der Waals surface area contributed by atoms with Gasteiger partial charge in [0.25, 0.3) is 0 Å². The molecule has 0 fully saturated rings. The molecule has 0 atom stereocenters. The maximum absolute atomic E-state index is 5.99. The summed E-state index contributed by atoms with van der Waals surface area (Å²) in [5.41, 5.74) is 0. The van der Waals surface area contributed by atoms with Crippen LogP contribution in [0.4, 0.5) is 5.95 Å². The van der Waals surface area contributed by atoms with E-state index in [4.69, 9.17) is 25.8 Å². The van der Waals surface area contributed by atoms with Gasteiger partial charge in [-0.2, -0.15) is 4.98 Å². The number of hydrogen-bond donors (Lipinski definition) is 1. The van der Waals surface area contributed by atoms with Crippen molar-refractivity contribution in [2.45, 2.75) is 19.8 Å². The Morgan fingerprint density at radius 3 is 2.85 bits per heavy atom. The first-order valence-electron chi connectivity index (χ1n) is 6.73. The van der Waals surface area contributed by atoms with E-state index in [0.717, 1.165) is 19.4 Å². The van der Waals surface area contributed by atoms with Crippen molar-refractivity contribution in [3.8, 4) is 5.88 Å². The van der Waals surface area contributed by atoms with Gasteiger partial charge >= 0.3 is 0 Å². The van der Waals surface area contributed by atoms with Crippen molar-refractivity contribution < 1.29 is 14.2 Å². The Hall–Kier alpha value is -1.11. The number of ether oxygens (including phenoxy) is 3. The molecule has 1 heterocycles. The normalized spacial score (nSPS) is 10.6. The summed E-state index contributed by atoms with van der Waals surface area (Å²) < 4.78 is 15.7. The molecule has 1 N–H and O–H groups in total. The Kier molecular flexibility index (Phi) is 9.02. The summed E-state index contributed by atoms with van der Waals surface area (Å²) >= 11 is 5.99. The van der Waals surface area contributed by atoms with E-state index in [1.54, 1.807) is 7.11 Å². The predicted octanol–water partition coefficient (Wildman–Crippen LogP) is 2.38. The van der Waals surface area contributed by atoms with Gasteiger partial charge < -0.3 is 19.5 Å². The second-order valence-electron chi connectivity index (χ2n) is 4.08. The van der Waals surface area contributed by atoms with Crippen LogP contribution in [0, 0.1) is 0 Å². The molecule has 20 heavy (non-hydrogen) atoms. The molecule has 114 valence electrons. The number of methoxy groups -OCH3 is 1.